The van der Waals surface area contributed by atoms with Gasteiger partial charge < -0.3 is 10.1 Å². The van der Waals surface area contributed by atoms with Gasteiger partial charge in [-0.25, -0.2) is 4.98 Å². The molecule has 0 spiro atoms. The molecule has 1 fully saturated rings. The normalized spacial score (nSPS) is 15.3. The lowest BCUT2D eigenvalue weighted by Crippen LogP contribution is -2.33. The number of amides is 1. The van der Waals surface area contributed by atoms with Gasteiger partial charge in [0.25, 0.3) is 5.91 Å². The van der Waals surface area contributed by atoms with E-state index in [0.717, 1.165) is 24.2 Å². The zero-order chi connectivity index (χ0) is 14.7. The highest BCUT2D eigenvalue weighted by Crippen LogP contribution is 2.50. The maximum Gasteiger partial charge on any atom is 0.271 e. The van der Waals surface area contributed by atoms with Gasteiger partial charge in [0.1, 0.15) is 11.4 Å². The van der Waals surface area contributed by atoms with Gasteiger partial charge in [-0.15, -0.1) is 0 Å². The van der Waals surface area contributed by atoms with Gasteiger partial charge in [-0.2, -0.15) is 0 Å². The Morgan fingerprint density at radius 3 is 2.81 bits per heavy atom. The van der Waals surface area contributed by atoms with Gasteiger partial charge in [-0.1, -0.05) is 18.2 Å². The van der Waals surface area contributed by atoms with Crippen LogP contribution in [0.3, 0.4) is 0 Å². The molecule has 1 saturated carbocycles. The van der Waals surface area contributed by atoms with Crippen molar-refractivity contribution in [1.82, 2.24) is 15.3 Å². The quantitative estimate of drug-likeness (QED) is 0.911. The summed E-state index contributed by atoms with van der Waals surface area (Å²) in [6.45, 7) is 0.586. The van der Waals surface area contributed by atoms with Crippen LogP contribution in [0, 0.1) is 0 Å². The zero-order valence-corrected chi connectivity index (χ0v) is 11.9. The van der Waals surface area contributed by atoms with Crippen molar-refractivity contribution in [3.63, 3.8) is 0 Å². The Kier molecular flexibility index (Phi) is 3.56. The molecule has 2 aromatic rings. The number of nitrogens with one attached hydrogen (secondary N) is 1. The standard InChI is InChI=1S/C16H17N3O2/c1-21-14-5-3-2-4-12(14)16(6-7-16)11-19-15(20)13-10-17-8-9-18-13/h2-5,8-10H,6-7,11H2,1H3,(H,19,20). The minimum atomic E-state index is -0.190. The number of hydrogen-bond acceptors (Lipinski definition) is 4. The van der Waals surface area contributed by atoms with Crippen LogP contribution in [-0.2, 0) is 5.41 Å². The first-order chi connectivity index (χ1) is 10.2. The summed E-state index contributed by atoms with van der Waals surface area (Å²) in [6, 6.07) is 7.99. The van der Waals surface area contributed by atoms with Crippen molar-refractivity contribution in [2.24, 2.45) is 0 Å². The molecule has 1 heterocycles. The van der Waals surface area contributed by atoms with Gasteiger partial charge in [-0.05, 0) is 18.9 Å². The third-order valence-corrected chi connectivity index (χ3v) is 3.92. The summed E-state index contributed by atoms with van der Waals surface area (Å²) in [7, 11) is 1.67. The molecular weight excluding hydrogens is 266 g/mol. The van der Waals surface area contributed by atoms with E-state index < -0.39 is 0 Å². The number of hydrogen-bond donors (Lipinski definition) is 1. The van der Waals surface area contributed by atoms with E-state index >= 15 is 0 Å². The Morgan fingerprint density at radius 2 is 2.14 bits per heavy atom. The smallest absolute Gasteiger partial charge is 0.271 e. The van der Waals surface area contributed by atoms with Crippen LogP contribution in [-0.4, -0.2) is 29.5 Å². The van der Waals surface area contributed by atoms with Crippen molar-refractivity contribution < 1.29 is 9.53 Å². The maximum atomic E-state index is 12.1. The molecule has 5 heteroatoms. The number of carbonyl (C=O) groups excluding carboxylic acids is 1. The summed E-state index contributed by atoms with van der Waals surface area (Å²) in [6.07, 6.45) is 6.64. The van der Waals surface area contributed by atoms with Crippen molar-refractivity contribution in [3.8, 4) is 5.75 Å². The van der Waals surface area contributed by atoms with Crippen molar-refractivity contribution >= 4 is 5.91 Å². The predicted molar refractivity (Wildman–Crippen MR) is 78.3 cm³/mol. The molecule has 1 aromatic heterocycles. The van der Waals surface area contributed by atoms with Crippen LogP contribution in [0.1, 0.15) is 28.9 Å². The Bertz CT molecular complexity index is 639. The minimum Gasteiger partial charge on any atom is -0.496 e. The number of aromatic nitrogens is 2. The molecule has 1 amide bonds. The summed E-state index contributed by atoms with van der Waals surface area (Å²) in [4.78, 5) is 20.0. The van der Waals surface area contributed by atoms with Gasteiger partial charge in [0, 0.05) is 29.9 Å². The topological polar surface area (TPSA) is 64.1 Å². The average molecular weight is 283 g/mol. The summed E-state index contributed by atoms with van der Waals surface area (Å²) in [5.41, 5.74) is 1.49. The van der Waals surface area contributed by atoms with Crippen LogP contribution in [0.4, 0.5) is 0 Å². The molecule has 1 aromatic carbocycles. The molecule has 108 valence electrons. The predicted octanol–water partition coefficient (Wildman–Crippen LogP) is 1.95. The van der Waals surface area contributed by atoms with E-state index in [9.17, 15) is 4.79 Å². The van der Waals surface area contributed by atoms with E-state index in [2.05, 4.69) is 21.4 Å². The molecule has 1 N–H and O–H groups in total. The third-order valence-electron chi connectivity index (χ3n) is 3.92. The molecule has 0 unspecified atom stereocenters. The van der Waals surface area contributed by atoms with Crippen LogP contribution >= 0.6 is 0 Å². The Hall–Kier alpha value is -2.43. The lowest BCUT2D eigenvalue weighted by molar-refractivity contribution is 0.0944. The van der Waals surface area contributed by atoms with E-state index in [4.69, 9.17) is 4.74 Å². The van der Waals surface area contributed by atoms with Crippen LogP contribution in [0.5, 0.6) is 5.75 Å². The van der Waals surface area contributed by atoms with Crippen LogP contribution in [0.25, 0.3) is 0 Å². The molecular formula is C16H17N3O2. The number of benzene rings is 1. The third kappa shape index (κ3) is 2.72. The van der Waals surface area contributed by atoms with Crippen LogP contribution < -0.4 is 10.1 Å². The van der Waals surface area contributed by atoms with Gasteiger partial charge >= 0.3 is 0 Å². The molecule has 0 atom stereocenters. The highest BCUT2D eigenvalue weighted by Gasteiger charge is 2.46. The first-order valence-corrected chi connectivity index (χ1v) is 6.93. The summed E-state index contributed by atoms with van der Waals surface area (Å²) >= 11 is 0. The fraction of sp³-hybridized carbons (Fsp3) is 0.312. The Balaban J connectivity index is 1.72. The van der Waals surface area contributed by atoms with E-state index in [0.29, 0.717) is 12.2 Å². The fourth-order valence-electron chi connectivity index (χ4n) is 2.53. The first kappa shape index (κ1) is 13.5. The average Bonchev–Trinajstić information content (AvgIpc) is 3.34. The Morgan fingerprint density at radius 1 is 1.33 bits per heavy atom. The lowest BCUT2D eigenvalue weighted by atomic mass is 9.95. The molecule has 0 bridgehead atoms. The van der Waals surface area contributed by atoms with E-state index in [-0.39, 0.29) is 11.3 Å². The lowest BCUT2D eigenvalue weighted by Gasteiger charge is -2.19. The molecule has 0 aliphatic heterocycles. The molecule has 1 aliphatic carbocycles. The molecule has 0 saturated heterocycles. The molecule has 5 nitrogen and oxygen atoms in total. The number of nitrogens with zero attached hydrogens (tertiary/aromatic N) is 2. The van der Waals surface area contributed by atoms with Gasteiger partial charge in [-0.3, -0.25) is 9.78 Å². The minimum absolute atomic E-state index is 0.00945. The summed E-state index contributed by atoms with van der Waals surface area (Å²) in [5.74, 6) is 0.688. The van der Waals surface area contributed by atoms with E-state index in [1.807, 2.05) is 18.2 Å². The van der Waals surface area contributed by atoms with Crippen LogP contribution in [0.15, 0.2) is 42.9 Å². The van der Waals surface area contributed by atoms with Crippen molar-refractivity contribution in [2.45, 2.75) is 18.3 Å². The monoisotopic (exact) mass is 283 g/mol. The second-order valence-electron chi connectivity index (χ2n) is 5.25. The van der Waals surface area contributed by atoms with E-state index in [1.54, 1.807) is 13.3 Å². The first-order valence-electron chi connectivity index (χ1n) is 6.93. The van der Waals surface area contributed by atoms with Gasteiger partial charge in [0.05, 0.1) is 13.3 Å². The number of rotatable bonds is 5. The number of ether oxygens (including phenoxy) is 1. The van der Waals surface area contributed by atoms with E-state index in [1.165, 1.54) is 12.4 Å². The van der Waals surface area contributed by atoms with Gasteiger partial charge in [0.2, 0.25) is 0 Å². The summed E-state index contributed by atoms with van der Waals surface area (Å²) in [5, 5.41) is 2.95. The highest BCUT2D eigenvalue weighted by molar-refractivity contribution is 5.91. The Labute approximate surface area is 123 Å². The summed E-state index contributed by atoms with van der Waals surface area (Å²) < 4.78 is 5.43. The second-order valence-corrected chi connectivity index (χ2v) is 5.25. The SMILES string of the molecule is COc1ccccc1C1(CNC(=O)c2cnccn2)CC1. The number of carbonyl (C=O) groups is 1. The molecule has 21 heavy (non-hydrogen) atoms. The maximum absolute atomic E-state index is 12.1. The largest absolute Gasteiger partial charge is 0.496 e. The van der Waals surface area contributed by atoms with Crippen molar-refractivity contribution in [2.75, 3.05) is 13.7 Å². The van der Waals surface area contributed by atoms with Gasteiger partial charge in [0.15, 0.2) is 0 Å². The zero-order valence-electron chi connectivity index (χ0n) is 11.9. The molecule has 3 rings (SSSR count). The fourth-order valence-corrected chi connectivity index (χ4v) is 2.53. The number of methoxy groups -OCH3 is 1. The number of para-hydroxylation sites is 1. The second kappa shape index (κ2) is 5.52. The highest BCUT2D eigenvalue weighted by atomic mass is 16.5. The molecule has 1 aliphatic rings. The van der Waals surface area contributed by atoms with Crippen molar-refractivity contribution in [1.29, 1.82) is 0 Å². The van der Waals surface area contributed by atoms with Crippen molar-refractivity contribution in [3.05, 3.63) is 54.1 Å². The molecule has 0 radical (unpaired) electrons. The van der Waals surface area contributed by atoms with Crippen LogP contribution in [0.2, 0.25) is 0 Å².